The maximum atomic E-state index is 13.2. The lowest BCUT2D eigenvalue weighted by molar-refractivity contribution is 0.0537. The number of hydroxylamine groups is 1. The average Bonchev–Trinajstić information content (AvgIpc) is 2.74. The predicted molar refractivity (Wildman–Crippen MR) is 120 cm³/mol. The van der Waals surface area contributed by atoms with E-state index in [0.29, 0.717) is 40.4 Å². The summed E-state index contributed by atoms with van der Waals surface area (Å²) in [6.07, 6.45) is 1.47. The maximum absolute atomic E-state index is 13.2. The number of hydrogen-bond acceptors (Lipinski definition) is 6. The zero-order valence-corrected chi connectivity index (χ0v) is 18.3. The molecule has 8 heteroatoms. The molecule has 3 rings (SSSR count). The summed E-state index contributed by atoms with van der Waals surface area (Å²) in [4.78, 5) is 34.4. The number of rotatable bonds is 9. The van der Waals surface area contributed by atoms with Crippen LogP contribution in [0.15, 0.2) is 47.5 Å². The van der Waals surface area contributed by atoms with Gasteiger partial charge in [-0.05, 0) is 55.3 Å². The van der Waals surface area contributed by atoms with E-state index in [1.165, 1.54) is 18.0 Å². The van der Waals surface area contributed by atoms with Gasteiger partial charge in [0.05, 0.1) is 23.7 Å². The number of benzene rings is 2. The average molecular weight is 425 g/mol. The van der Waals surface area contributed by atoms with Crippen molar-refractivity contribution in [1.29, 1.82) is 0 Å². The zero-order valence-electron chi connectivity index (χ0n) is 18.3. The van der Waals surface area contributed by atoms with Crippen molar-refractivity contribution < 1.29 is 14.4 Å². The zero-order chi connectivity index (χ0) is 22.4. The predicted octanol–water partition coefficient (Wildman–Crippen LogP) is 2.61. The van der Waals surface area contributed by atoms with Crippen molar-refractivity contribution in [2.75, 3.05) is 26.8 Å². The molecule has 0 aliphatic heterocycles. The lowest BCUT2D eigenvalue weighted by atomic mass is 10.1. The van der Waals surface area contributed by atoms with Crippen LogP contribution in [0, 0.1) is 12.8 Å². The molecule has 8 nitrogen and oxygen atoms in total. The van der Waals surface area contributed by atoms with Gasteiger partial charge in [0.2, 0.25) is 0 Å². The van der Waals surface area contributed by atoms with Gasteiger partial charge in [-0.3, -0.25) is 19.0 Å². The first-order chi connectivity index (χ1) is 14.9. The molecule has 0 saturated carbocycles. The van der Waals surface area contributed by atoms with Crippen molar-refractivity contribution in [3.8, 4) is 11.4 Å². The van der Waals surface area contributed by atoms with Gasteiger partial charge in [0.25, 0.3) is 11.5 Å². The summed E-state index contributed by atoms with van der Waals surface area (Å²) in [6, 6.07) is 10.4. The Labute approximate surface area is 181 Å². The van der Waals surface area contributed by atoms with E-state index in [0.717, 1.165) is 18.7 Å². The van der Waals surface area contributed by atoms with Crippen LogP contribution in [0.2, 0.25) is 0 Å². The molecule has 0 aliphatic rings. The van der Waals surface area contributed by atoms with E-state index in [-0.39, 0.29) is 5.56 Å². The van der Waals surface area contributed by atoms with Crippen LogP contribution in [0.5, 0.6) is 5.75 Å². The summed E-state index contributed by atoms with van der Waals surface area (Å²) >= 11 is 0. The Kier molecular flexibility index (Phi) is 7.38. The normalized spacial score (nSPS) is 11.1. The van der Waals surface area contributed by atoms with Crippen LogP contribution in [0.25, 0.3) is 16.6 Å². The minimum Gasteiger partial charge on any atom is -0.492 e. The van der Waals surface area contributed by atoms with Crippen molar-refractivity contribution >= 4 is 16.8 Å². The Bertz CT molecular complexity index is 1120. The number of ether oxygens (including phenoxy) is 1. The molecule has 31 heavy (non-hydrogen) atoms. The van der Waals surface area contributed by atoms with Crippen LogP contribution in [0.1, 0.15) is 29.8 Å². The fourth-order valence-corrected chi connectivity index (χ4v) is 3.16. The lowest BCUT2D eigenvalue weighted by Gasteiger charge is -2.13. The number of carbonyl (C=O) groups excluding carboxylic acids is 1. The topological polar surface area (TPSA) is 94.5 Å². The molecule has 0 bridgehead atoms. The van der Waals surface area contributed by atoms with Crippen LogP contribution >= 0.6 is 0 Å². The molecule has 0 aliphatic carbocycles. The van der Waals surface area contributed by atoms with Crippen molar-refractivity contribution in [2.24, 2.45) is 5.92 Å². The number of aryl methyl sites for hydroxylation is 1. The Hall–Kier alpha value is -3.23. The second kappa shape index (κ2) is 10.2. The number of nitrogens with zero attached hydrogens (tertiary/aromatic N) is 2. The van der Waals surface area contributed by atoms with Crippen LogP contribution in [-0.2, 0) is 4.84 Å². The van der Waals surface area contributed by atoms with Gasteiger partial charge in [-0.15, -0.1) is 0 Å². The SMILES string of the molecule is CONC(=O)c1ccc(C)c(-n2cnc3ccc(OCCNCC(C)C)cc3c2=O)c1. The highest BCUT2D eigenvalue weighted by molar-refractivity contribution is 5.94. The van der Waals surface area contributed by atoms with Gasteiger partial charge in [-0.2, -0.15) is 0 Å². The first-order valence-corrected chi connectivity index (χ1v) is 10.2. The maximum Gasteiger partial charge on any atom is 0.274 e. The number of nitrogens with one attached hydrogen (secondary N) is 2. The Balaban J connectivity index is 1.89. The molecule has 0 radical (unpaired) electrons. The number of carbonyl (C=O) groups is 1. The highest BCUT2D eigenvalue weighted by Gasteiger charge is 2.13. The second-order valence-corrected chi connectivity index (χ2v) is 7.68. The van der Waals surface area contributed by atoms with Crippen LogP contribution in [-0.4, -0.2) is 42.3 Å². The van der Waals surface area contributed by atoms with Gasteiger partial charge in [0.1, 0.15) is 18.7 Å². The van der Waals surface area contributed by atoms with E-state index in [4.69, 9.17) is 4.74 Å². The summed E-state index contributed by atoms with van der Waals surface area (Å²) in [5, 5.41) is 3.76. The van der Waals surface area contributed by atoms with E-state index < -0.39 is 5.91 Å². The third-order valence-electron chi connectivity index (χ3n) is 4.76. The molecule has 164 valence electrons. The molecule has 0 atom stereocenters. The van der Waals surface area contributed by atoms with Crippen LogP contribution in [0.4, 0.5) is 0 Å². The molecule has 0 fully saturated rings. The third kappa shape index (κ3) is 5.48. The van der Waals surface area contributed by atoms with E-state index in [1.807, 2.05) is 13.0 Å². The van der Waals surface area contributed by atoms with Crippen molar-refractivity contribution in [1.82, 2.24) is 20.3 Å². The highest BCUT2D eigenvalue weighted by atomic mass is 16.6. The summed E-state index contributed by atoms with van der Waals surface area (Å²) in [6.45, 7) is 8.32. The first-order valence-electron chi connectivity index (χ1n) is 10.2. The van der Waals surface area contributed by atoms with Crippen LogP contribution in [0.3, 0.4) is 0 Å². The highest BCUT2D eigenvalue weighted by Crippen LogP contribution is 2.19. The molecule has 0 spiro atoms. The molecular formula is C23H28N4O4. The molecule has 2 aromatic carbocycles. The van der Waals surface area contributed by atoms with Crippen molar-refractivity contribution in [2.45, 2.75) is 20.8 Å². The molecule has 1 heterocycles. The Morgan fingerprint density at radius 3 is 2.74 bits per heavy atom. The smallest absolute Gasteiger partial charge is 0.274 e. The molecule has 1 aromatic heterocycles. The molecular weight excluding hydrogens is 396 g/mol. The standard InChI is InChI=1S/C23H28N4O4/c1-15(2)13-24-9-10-31-18-7-8-20-19(12-18)23(29)27(14-25-20)21-11-17(6-5-16(21)3)22(28)26-30-4/h5-8,11-12,14-15,24H,9-10,13H2,1-4H3,(H,26,28). The van der Waals surface area contributed by atoms with E-state index in [2.05, 4.69) is 34.5 Å². The van der Waals surface area contributed by atoms with Gasteiger partial charge < -0.3 is 10.1 Å². The monoisotopic (exact) mass is 424 g/mol. The second-order valence-electron chi connectivity index (χ2n) is 7.68. The molecule has 0 saturated heterocycles. The Morgan fingerprint density at radius 1 is 1.19 bits per heavy atom. The molecule has 1 amide bonds. The number of amides is 1. The fourth-order valence-electron chi connectivity index (χ4n) is 3.16. The summed E-state index contributed by atoms with van der Waals surface area (Å²) in [5.74, 6) is 0.792. The quantitative estimate of drug-likeness (QED) is 0.405. The van der Waals surface area contributed by atoms with E-state index in [9.17, 15) is 9.59 Å². The first kappa shape index (κ1) is 22.5. The molecule has 2 N–H and O–H groups in total. The van der Waals surface area contributed by atoms with Gasteiger partial charge in [-0.25, -0.2) is 10.5 Å². The minimum atomic E-state index is -0.396. The van der Waals surface area contributed by atoms with E-state index >= 15 is 0 Å². The third-order valence-corrected chi connectivity index (χ3v) is 4.76. The summed E-state index contributed by atoms with van der Waals surface area (Å²) in [7, 11) is 1.37. The largest absolute Gasteiger partial charge is 0.492 e. The summed E-state index contributed by atoms with van der Waals surface area (Å²) in [5.41, 5.74) is 4.41. The number of aromatic nitrogens is 2. The fraction of sp³-hybridized carbons (Fsp3) is 0.348. The lowest BCUT2D eigenvalue weighted by Crippen LogP contribution is -2.25. The summed E-state index contributed by atoms with van der Waals surface area (Å²) < 4.78 is 7.23. The number of hydrogen-bond donors (Lipinski definition) is 2. The van der Waals surface area contributed by atoms with Crippen LogP contribution < -0.4 is 21.1 Å². The van der Waals surface area contributed by atoms with Crippen molar-refractivity contribution in [3.63, 3.8) is 0 Å². The van der Waals surface area contributed by atoms with Gasteiger partial charge in [0.15, 0.2) is 0 Å². The minimum absolute atomic E-state index is 0.235. The van der Waals surface area contributed by atoms with E-state index in [1.54, 1.807) is 30.3 Å². The van der Waals surface area contributed by atoms with Gasteiger partial charge in [-0.1, -0.05) is 19.9 Å². The van der Waals surface area contributed by atoms with Crippen molar-refractivity contribution in [3.05, 3.63) is 64.2 Å². The molecule has 0 unspecified atom stereocenters. The van der Waals surface area contributed by atoms with Gasteiger partial charge in [0, 0.05) is 12.1 Å². The van der Waals surface area contributed by atoms with Gasteiger partial charge >= 0.3 is 0 Å². The molecule has 3 aromatic rings. The number of fused-ring (bicyclic) bond motifs is 1. The Morgan fingerprint density at radius 2 is 2.00 bits per heavy atom.